The first-order chi connectivity index (χ1) is 12.7. The molecular weight excluding hydrogens is 334 g/mol. The zero-order valence-electron chi connectivity index (χ0n) is 15.2. The summed E-state index contributed by atoms with van der Waals surface area (Å²) in [6, 6.07) is 0. The van der Waals surface area contributed by atoms with Gasteiger partial charge in [-0.05, 0) is 6.42 Å². The molecule has 2 N–H and O–H groups in total. The molecule has 1 atom stereocenters. The quantitative estimate of drug-likeness (QED) is 0.653. The van der Waals surface area contributed by atoms with Crippen LogP contribution < -0.4 is 10.6 Å². The summed E-state index contributed by atoms with van der Waals surface area (Å²) in [4.78, 5) is 22.9. The summed E-state index contributed by atoms with van der Waals surface area (Å²) in [5.74, 6) is 0.519. The summed E-state index contributed by atoms with van der Waals surface area (Å²) in [6.07, 6.45) is 8.08. The second-order valence-electron chi connectivity index (χ2n) is 6.33. The average Bonchev–Trinajstić information content (AvgIpc) is 3.26. The smallest absolute Gasteiger partial charge is 0.272 e. The van der Waals surface area contributed by atoms with E-state index in [9.17, 15) is 4.79 Å². The van der Waals surface area contributed by atoms with E-state index in [-0.39, 0.29) is 12.0 Å². The van der Waals surface area contributed by atoms with E-state index in [1.807, 2.05) is 13.2 Å². The molecule has 9 heteroatoms. The van der Waals surface area contributed by atoms with E-state index in [1.165, 1.54) is 0 Å². The number of likely N-dealkylation sites (tertiary alicyclic amines) is 1. The van der Waals surface area contributed by atoms with Crippen molar-refractivity contribution in [2.24, 2.45) is 7.05 Å². The highest BCUT2D eigenvalue weighted by atomic mass is 16.5. The first-order valence-corrected chi connectivity index (χ1v) is 8.71. The van der Waals surface area contributed by atoms with Crippen molar-refractivity contribution in [2.75, 3.05) is 38.6 Å². The van der Waals surface area contributed by atoms with Gasteiger partial charge in [-0.1, -0.05) is 0 Å². The van der Waals surface area contributed by atoms with Crippen LogP contribution in [-0.2, 0) is 18.3 Å². The minimum absolute atomic E-state index is 0.163. The summed E-state index contributed by atoms with van der Waals surface area (Å²) in [5.41, 5.74) is 1.41. The highest BCUT2D eigenvalue weighted by molar-refractivity contribution is 5.93. The molecule has 3 heterocycles. The van der Waals surface area contributed by atoms with Gasteiger partial charge in [-0.25, -0.2) is 4.98 Å². The van der Waals surface area contributed by atoms with Crippen molar-refractivity contribution in [3.63, 3.8) is 0 Å². The van der Waals surface area contributed by atoms with Crippen molar-refractivity contribution in [1.82, 2.24) is 30.0 Å². The number of hydrogen-bond acceptors (Lipinski definition) is 7. The fourth-order valence-electron chi connectivity index (χ4n) is 3.06. The van der Waals surface area contributed by atoms with E-state index in [4.69, 9.17) is 4.74 Å². The second-order valence-corrected chi connectivity index (χ2v) is 6.33. The molecule has 0 aromatic carbocycles. The predicted octanol–water partition coefficient (Wildman–Crippen LogP) is 0.273. The Hall–Kier alpha value is -2.52. The van der Waals surface area contributed by atoms with E-state index >= 15 is 0 Å². The van der Waals surface area contributed by atoms with Gasteiger partial charge < -0.3 is 15.4 Å². The number of methoxy groups -OCH3 is 1. The first kappa shape index (κ1) is 18.3. The largest absolute Gasteiger partial charge is 0.380 e. The van der Waals surface area contributed by atoms with Crippen molar-refractivity contribution in [3.05, 3.63) is 36.0 Å². The molecule has 1 amide bonds. The zero-order valence-corrected chi connectivity index (χ0v) is 15.2. The van der Waals surface area contributed by atoms with Crippen LogP contribution in [0.4, 0.5) is 5.82 Å². The molecule has 0 spiro atoms. The Morgan fingerprint density at radius 2 is 2.27 bits per heavy atom. The molecule has 1 unspecified atom stereocenters. The molecule has 2 aromatic rings. The molecule has 1 saturated heterocycles. The predicted molar refractivity (Wildman–Crippen MR) is 96.8 cm³/mol. The molecule has 0 aliphatic carbocycles. The fraction of sp³-hybridized carbons (Fsp3) is 0.529. The standard InChI is InChI=1S/C17H25N7O2/c1-23-10-13(11-24-8-3-14(12-24)26-2)16(22-23)17(25)21-7-6-20-15-9-18-4-5-19-15/h4-5,9-10,14H,3,6-8,11-12H2,1-2H3,(H,19,20)(H,21,25). The van der Waals surface area contributed by atoms with Crippen LogP contribution in [0.25, 0.3) is 0 Å². The van der Waals surface area contributed by atoms with Crippen molar-refractivity contribution in [1.29, 1.82) is 0 Å². The van der Waals surface area contributed by atoms with E-state index < -0.39 is 0 Å². The van der Waals surface area contributed by atoms with Crippen LogP contribution in [0.2, 0.25) is 0 Å². The Labute approximate surface area is 152 Å². The van der Waals surface area contributed by atoms with Gasteiger partial charge in [-0.2, -0.15) is 5.10 Å². The van der Waals surface area contributed by atoms with Crippen LogP contribution in [0.5, 0.6) is 0 Å². The number of nitrogens with zero attached hydrogens (tertiary/aromatic N) is 5. The average molecular weight is 359 g/mol. The number of rotatable bonds is 8. The lowest BCUT2D eigenvalue weighted by Gasteiger charge is -2.15. The number of carbonyl (C=O) groups excluding carboxylic acids is 1. The van der Waals surface area contributed by atoms with Gasteiger partial charge in [0.1, 0.15) is 5.82 Å². The molecule has 2 aromatic heterocycles. The Morgan fingerprint density at radius 1 is 1.38 bits per heavy atom. The fourth-order valence-corrected chi connectivity index (χ4v) is 3.06. The topological polar surface area (TPSA) is 97.2 Å². The third kappa shape index (κ3) is 4.77. The number of aromatic nitrogens is 4. The number of ether oxygens (including phenoxy) is 1. The first-order valence-electron chi connectivity index (χ1n) is 8.71. The number of anilines is 1. The molecular formula is C17H25N7O2. The van der Waals surface area contributed by atoms with E-state index in [1.54, 1.807) is 30.4 Å². The lowest BCUT2D eigenvalue weighted by atomic mass is 10.2. The normalized spacial score (nSPS) is 17.4. The maximum Gasteiger partial charge on any atom is 0.272 e. The molecule has 26 heavy (non-hydrogen) atoms. The van der Waals surface area contributed by atoms with Crippen molar-refractivity contribution >= 4 is 11.7 Å². The van der Waals surface area contributed by atoms with Crippen molar-refractivity contribution in [2.45, 2.75) is 19.1 Å². The van der Waals surface area contributed by atoms with E-state index in [2.05, 4.69) is 30.6 Å². The number of hydrogen-bond donors (Lipinski definition) is 2. The van der Waals surface area contributed by atoms with Gasteiger partial charge in [0.25, 0.3) is 5.91 Å². The van der Waals surface area contributed by atoms with Gasteiger partial charge in [-0.3, -0.25) is 19.4 Å². The number of aryl methyl sites for hydroxylation is 1. The van der Waals surface area contributed by atoms with Crippen LogP contribution in [-0.4, -0.2) is 69.9 Å². The highest BCUT2D eigenvalue weighted by Gasteiger charge is 2.24. The molecule has 1 fully saturated rings. The summed E-state index contributed by atoms with van der Waals surface area (Å²) in [5, 5.41) is 10.3. The monoisotopic (exact) mass is 359 g/mol. The van der Waals surface area contributed by atoms with Gasteiger partial charge in [0.2, 0.25) is 0 Å². The molecule has 0 bridgehead atoms. The summed E-state index contributed by atoms with van der Waals surface area (Å²) in [7, 11) is 3.57. The highest BCUT2D eigenvalue weighted by Crippen LogP contribution is 2.17. The third-order valence-corrected chi connectivity index (χ3v) is 4.36. The van der Waals surface area contributed by atoms with Gasteiger partial charge in [0.05, 0.1) is 12.3 Å². The van der Waals surface area contributed by atoms with Gasteiger partial charge >= 0.3 is 0 Å². The molecule has 1 aliphatic heterocycles. The van der Waals surface area contributed by atoms with Gasteiger partial charge in [0.15, 0.2) is 5.69 Å². The van der Waals surface area contributed by atoms with Gasteiger partial charge in [-0.15, -0.1) is 0 Å². The van der Waals surface area contributed by atoms with Crippen molar-refractivity contribution in [3.8, 4) is 0 Å². The molecule has 0 radical (unpaired) electrons. The van der Waals surface area contributed by atoms with Crippen LogP contribution in [0, 0.1) is 0 Å². The van der Waals surface area contributed by atoms with E-state index in [0.29, 0.717) is 31.1 Å². The maximum absolute atomic E-state index is 12.5. The van der Waals surface area contributed by atoms with Crippen LogP contribution in [0.15, 0.2) is 24.8 Å². The Kier molecular flexibility index (Phi) is 6.13. The summed E-state index contributed by atoms with van der Waals surface area (Å²) >= 11 is 0. The third-order valence-electron chi connectivity index (χ3n) is 4.36. The van der Waals surface area contributed by atoms with Crippen LogP contribution >= 0.6 is 0 Å². The van der Waals surface area contributed by atoms with E-state index in [0.717, 1.165) is 25.1 Å². The zero-order chi connectivity index (χ0) is 18.4. The van der Waals surface area contributed by atoms with Crippen molar-refractivity contribution < 1.29 is 9.53 Å². The molecule has 1 aliphatic rings. The van der Waals surface area contributed by atoms with Gasteiger partial charge in [0, 0.05) is 71.0 Å². The number of carbonyl (C=O) groups is 1. The second kappa shape index (κ2) is 8.72. The Morgan fingerprint density at radius 3 is 3.00 bits per heavy atom. The molecule has 0 saturated carbocycles. The number of nitrogens with one attached hydrogen (secondary N) is 2. The van der Waals surface area contributed by atoms with Crippen LogP contribution in [0.3, 0.4) is 0 Å². The SMILES string of the molecule is COC1CCN(Cc2cn(C)nc2C(=O)NCCNc2cnccn2)C1. The molecule has 3 rings (SSSR count). The summed E-state index contributed by atoms with van der Waals surface area (Å²) < 4.78 is 7.09. The molecule has 9 nitrogen and oxygen atoms in total. The lowest BCUT2D eigenvalue weighted by molar-refractivity contribution is 0.0946. The lowest BCUT2D eigenvalue weighted by Crippen LogP contribution is -2.31. The molecule has 140 valence electrons. The number of amides is 1. The minimum atomic E-state index is -0.163. The Bertz CT molecular complexity index is 719. The maximum atomic E-state index is 12.5. The minimum Gasteiger partial charge on any atom is -0.380 e. The summed E-state index contributed by atoms with van der Waals surface area (Å²) in [6.45, 7) is 3.59. The van der Waals surface area contributed by atoms with Crippen LogP contribution in [0.1, 0.15) is 22.5 Å². The Balaban J connectivity index is 1.51.